The molecule has 6 heteroatoms. The number of ether oxygens (including phenoxy) is 2. The molecule has 2 aromatic carbocycles. The van der Waals surface area contributed by atoms with Crippen molar-refractivity contribution in [1.82, 2.24) is 5.32 Å². The highest BCUT2D eigenvalue weighted by Gasteiger charge is 2.26. The number of esters is 1. The van der Waals surface area contributed by atoms with Gasteiger partial charge in [-0.2, -0.15) is 0 Å². The third-order valence-electron chi connectivity index (χ3n) is 3.83. The van der Waals surface area contributed by atoms with Crippen molar-refractivity contribution in [1.29, 1.82) is 0 Å². The van der Waals surface area contributed by atoms with Crippen molar-refractivity contribution in [2.45, 2.75) is 26.5 Å². The minimum Gasteiger partial charge on any atom is -0.497 e. The maximum atomic E-state index is 12.4. The fourth-order valence-corrected chi connectivity index (χ4v) is 2.55. The number of hydrogen-bond acceptors (Lipinski definition) is 4. The Morgan fingerprint density at radius 1 is 1.12 bits per heavy atom. The third-order valence-corrected chi connectivity index (χ3v) is 4.06. The van der Waals surface area contributed by atoms with Crippen LogP contribution in [0.25, 0.3) is 0 Å². The molecule has 26 heavy (non-hydrogen) atoms. The van der Waals surface area contributed by atoms with Crippen LogP contribution in [0.2, 0.25) is 5.02 Å². The summed E-state index contributed by atoms with van der Waals surface area (Å²) in [7, 11) is 1.56. The molecule has 5 nitrogen and oxygen atoms in total. The number of halogens is 1. The predicted molar refractivity (Wildman–Crippen MR) is 100 cm³/mol. The maximum Gasteiger partial charge on any atom is 0.329 e. The monoisotopic (exact) mass is 375 g/mol. The number of benzene rings is 2. The van der Waals surface area contributed by atoms with Gasteiger partial charge in [-0.15, -0.1) is 0 Å². The van der Waals surface area contributed by atoms with Crippen molar-refractivity contribution >= 4 is 23.5 Å². The minimum absolute atomic E-state index is 0.0982. The summed E-state index contributed by atoms with van der Waals surface area (Å²) in [5, 5.41) is 3.31. The van der Waals surface area contributed by atoms with Gasteiger partial charge in [0, 0.05) is 10.6 Å². The highest BCUT2D eigenvalue weighted by atomic mass is 35.5. The molecule has 0 spiro atoms. The lowest BCUT2D eigenvalue weighted by Gasteiger charge is -2.21. The molecule has 0 saturated heterocycles. The van der Waals surface area contributed by atoms with Crippen molar-refractivity contribution < 1.29 is 19.1 Å². The molecule has 0 aliphatic rings. The van der Waals surface area contributed by atoms with E-state index in [1.54, 1.807) is 49.6 Å². The summed E-state index contributed by atoms with van der Waals surface area (Å²) < 4.78 is 10.4. The minimum atomic E-state index is -0.746. The number of carbonyl (C=O) groups excluding carboxylic acids is 2. The first-order valence-electron chi connectivity index (χ1n) is 8.26. The molecule has 1 N–H and O–H groups in total. The Morgan fingerprint density at radius 3 is 2.38 bits per heavy atom. The number of hydrogen-bond donors (Lipinski definition) is 1. The number of amides is 1. The van der Waals surface area contributed by atoms with E-state index >= 15 is 0 Å². The molecule has 0 aromatic heterocycles. The zero-order valence-corrected chi connectivity index (χ0v) is 15.7. The molecule has 0 heterocycles. The van der Waals surface area contributed by atoms with Crippen LogP contribution in [0.15, 0.2) is 48.5 Å². The Labute approximate surface area is 158 Å². The lowest BCUT2D eigenvalue weighted by molar-refractivity contribution is -0.148. The van der Waals surface area contributed by atoms with E-state index in [4.69, 9.17) is 21.1 Å². The van der Waals surface area contributed by atoms with Crippen LogP contribution in [0.4, 0.5) is 0 Å². The molecule has 2 aromatic rings. The van der Waals surface area contributed by atoms with Gasteiger partial charge in [0.1, 0.15) is 18.4 Å². The van der Waals surface area contributed by atoms with E-state index in [2.05, 4.69) is 5.32 Å². The van der Waals surface area contributed by atoms with Gasteiger partial charge in [-0.1, -0.05) is 37.6 Å². The summed E-state index contributed by atoms with van der Waals surface area (Å²) >= 11 is 5.93. The molecular weight excluding hydrogens is 354 g/mol. The van der Waals surface area contributed by atoms with Crippen LogP contribution in [-0.4, -0.2) is 25.0 Å². The number of methoxy groups -OCH3 is 1. The number of carbonyl (C=O) groups is 2. The molecule has 138 valence electrons. The van der Waals surface area contributed by atoms with E-state index in [9.17, 15) is 9.59 Å². The highest BCUT2D eigenvalue weighted by Crippen LogP contribution is 2.14. The first-order chi connectivity index (χ1) is 12.4. The topological polar surface area (TPSA) is 64.6 Å². The van der Waals surface area contributed by atoms with E-state index in [1.165, 1.54) is 0 Å². The summed E-state index contributed by atoms with van der Waals surface area (Å²) in [4.78, 5) is 24.8. The summed E-state index contributed by atoms with van der Waals surface area (Å²) in [6.07, 6.45) is 0. The smallest absolute Gasteiger partial charge is 0.329 e. The number of nitrogens with one attached hydrogen (secondary N) is 1. The summed E-state index contributed by atoms with van der Waals surface area (Å²) in [5.41, 5.74) is 1.23. The van der Waals surface area contributed by atoms with E-state index in [0.717, 1.165) is 5.56 Å². The Bertz CT molecular complexity index is 759. The molecule has 0 aliphatic carbocycles. The Morgan fingerprint density at radius 2 is 1.81 bits per heavy atom. The molecule has 0 bridgehead atoms. The maximum absolute atomic E-state index is 12.4. The largest absolute Gasteiger partial charge is 0.497 e. The zero-order chi connectivity index (χ0) is 19.1. The Balaban J connectivity index is 2.00. The quantitative estimate of drug-likeness (QED) is 0.746. The summed E-state index contributed by atoms with van der Waals surface area (Å²) in [6, 6.07) is 13.0. The second-order valence-electron chi connectivity index (χ2n) is 6.16. The van der Waals surface area contributed by atoms with E-state index in [1.807, 2.05) is 19.9 Å². The van der Waals surface area contributed by atoms with Gasteiger partial charge in [-0.05, 0) is 47.9 Å². The van der Waals surface area contributed by atoms with Gasteiger partial charge in [0.15, 0.2) is 0 Å². The predicted octanol–water partition coefficient (Wildman–Crippen LogP) is 3.85. The lowest BCUT2D eigenvalue weighted by Crippen LogP contribution is -2.45. The molecule has 0 fully saturated rings. The van der Waals surface area contributed by atoms with Gasteiger partial charge in [-0.25, -0.2) is 4.79 Å². The van der Waals surface area contributed by atoms with Gasteiger partial charge >= 0.3 is 5.97 Å². The van der Waals surface area contributed by atoms with Crippen LogP contribution < -0.4 is 10.1 Å². The molecule has 0 unspecified atom stereocenters. The SMILES string of the molecule is COc1ccc(C(=O)N[C@H](C(=O)OCc2cccc(Cl)c2)C(C)C)cc1. The third kappa shape index (κ3) is 5.49. The average Bonchev–Trinajstić information content (AvgIpc) is 2.64. The van der Waals surface area contributed by atoms with Gasteiger partial charge in [-0.3, -0.25) is 4.79 Å². The van der Waals surface area contributed by atoms with Crippen LogP contribution >= 0.6 is 11.6 Å². The molecule has 1 atom stereocenters. The fraction of sp³-hybridized carbons (Fsp3) is 0.300. The average molecular weight is 376 g/mol. The lowest BCUT2D eigenvalue weighted by atomic mass is 10.0. The van der Waals surface area contributed by atoms with Crippen molar-refractivity contribution in [2.75, 3.05) is 7.11 Å². The van der Waals surface area contributed by atoms with Crippen LogP contribution in [0.5, 0.6) is 5.75 Å². The molecule has 0 radical (unpaired) electrons. The van der Waals surface area contributed by atoms with Crippen LogP contribution in [0, 0.1) is 5.92 Å². The highest BCUT2D eigenvalue weighted by molar-refractivity contribution is 6.30. The van der Waals surface area contributed by atoms with Gasteiger partial charge in [0.2, 0.25) is 0 Å². The standard InChI is InChI=1S/C20H22ClNO4/c1-13(2)18(20(24)26-12-14-5-4-6-16(21)11-14)22-19(23)15-7-9-17(25-3)10-8-15/h4-11,13,18H,12H2,1-3H3,(H,22,23)/t18-/m0/s1. The van der Waals surface area contributed by atoms with Crippen LogP contribution in [0.1, 0.15) is 29.8 Å². The number of rotatable bonds is 7. The fourth-order valence-electron chi connectivity index (χ4n) is 2.34. The van der Waals surface area contributed by atoms with Gasteiger partial charge < -0.3 is 14.8 Å². The zero-order valence-electron chi connectivity index (χ0n) is 15.0. The van der Waals surface area contributed by atoms with Gasteiger partial charge in [0.25, 0.3) is 5.91 Å². The molecule has 1 amide bonds. The van der Waals surface area contributed by atoms with E-state index in [-0.39, 0.29) is 18.4 Å². The summed E-state index contributed by atoms with van der Waals surface area (Å²) in [5.74, 6) is -0.292. The van der Waals surface area contributed by atoms with Crippen molar-refractivity contribution in [3.63, 3.8) is 0 Å². The normalized spacial score (nSPS) is 11.7. The van der Waals surface area contributed by atoms with Crippen LogP contribution in [-0.2, 0) is 16.1 Å². The molecule has 0 saturated carbocycles. The van der Waals surface area contributed by atoms with Crippen molar-refractivity contribution in [3.8, 4) is 5.75 Å². The summed E-state index contributed by atoms with van der Waals surface area (Å²) in [6.45, 7) is 3.79. The van der Waals surface area contributed by atoms with Crippen molar-refractivity contribution in [2.24, 2.45) is 5.92 Å². The molecule has 0 aliphatic heterocycles. The van der Waals surface area contributed by atoms with E-state index in [0.29, 0.717) is 16.3 Å². The Kier molecular flexibility index (Phi) is 7.04. The van der Waals surface area contributed by atoms with Crippen LogP contribution in [0.3, 0.4) is 0 Å². The van der Waals surface area contributed by atoms with Crippen molar-refractivity contribution in [3.05, 3.63) is 64.7 Å². The first kappa shape index (κ1) is 19.8. The van der Waals surface area contributed by atoms with E-state index < -0.39 is 12.0 Å². The first-order valence-corrected chi connectivity index (χ1v) is 8.64. The molecule has 2 rings (SSSR count). The molecular formula is C20H22ClNO4. The second kappa shape index (κ2) is 9.25. The second-order valence-corrected chi connectivity index (χ2v) is 6.60. The van der Waals surface area contributed by atoms with Gasteiger partial charge in [0.05, 0.1) is 7.11 Å². The Hall–Kier alpha value is -2.53.